The van der Waals surface area contributed by atoms with E-state index in [0.29, 0.717) is 5.69 Å². The van der Waals surface area contributed by atoms with E-state index in [4.69, 9.17) is 10.8 Å². The van der Waals surface area contributed by atoms with Gasteiger partial charge >= 0.3 is 5.97 Å². The molecule has 4 unspecified atom stereocenters. The second-order valence-electron chi connectivity index (χ2n) is 8.34. The van der Waals surface area contributed by atoms with Gasteiger partial charge in [0.2, 0.25) is 17.7 Å². The van der Waals surface area contributed by atoms with Gasteiger partial charge in [-0.2, -0.15) is 12.6 Å². The number of rotatable bonds is 13. The van der Waals surface area contributed by atoms with Crippen molar-refractivity contribution < 1.29 is 29.4 Å². The summed E-state index contributed by atoms with van der Waals surface area (Å²) in [5, 5.41) is 26.4. The predicted molar refractivity (Wildman–Crippen MR) is 137 cm³/mol. The fourth-order valence-corrected chi connectivity index (χ4v) is 3.92. The summed E-state index contributed by atoms with van der Waals surface area (Å²) in [5.74, 6) is -3.73. The standard InChI is InChI=1S/C23H29N7O6S/c24-15(6-13-8-25-11-27-13)20(32)28-17(5-12-7-26-16-4-2-1-3-14(12)16)21(33)30-19(10-37)22(34)29-18(9-31)23(35)36/h1-4,7-8,11,15,17-19,26,31,37H,5-6,9-10,24H2,(H,25,27)(H,28,32)(H,29,34)(H,30,33)(H,35,36). The maximum atomic E-state index is 13.3. The quantitative estimate of drug-likeness (QED) is 0.118. The highest BCUT2D eigenvalue weighted by atomic mass is 32.1. The number of aliphatic hydroxyl groups is 1. The zero-order chi connectivity index (χ0) is 26.9. The number of aliphatic hydroxyl groups excluding tert-OH is 1. The normalized spacial score (nSPS) is 14.4. The molecule has 0 aliphatic heterocycles. The highest BCUT2D eigenvalue weighted by molar-refractivity contribution is 7.80. The van der Waals surface area contributed by atoms with Gasteiger partial charge in [-0.1, -0.05) is 18.2 Å². The first-order valence-corrected chi connectivity index (χ1v) is 12.0. The Morgan fingerprint density at radius 3 is 2.30 bits per heavy atom. The Morgan fingerprint density at radius 1 is 0.973 bits per heavy atom. The van der Waals surface area contributed by atoms with Crippen molar-refractivity contribution in [3.8, 4) is 0 Å². The zero-order valence-electron chi connectivity index (χ0n) is 19.7. The molecular formula is C23H29N7O6S. The van der Waals surface area contributed by atoms with E-state index in [0.717, 1.165) is 16.5 Å². The molecule has 0 bridgehead atoms. The molecule has 0 saturated heterocycles. The van der Waals surface area contributed by atoms with E-state index in [1.165, 1.54) is 12.5 Å². The van der Waals surface area contributed by atoms with Crippen LogP contribution in [-0.2, 0) is 32.0 Å². The highest BCUT2D eigenvalue weighted by Gasteiger charge is 2.30. The molecule has 2 heterocycles. The Morgan fingerprint density at radius 2 is 1.65 bits per heavy atom. The molecule has 198 valence electrons. The van der Waals surface area contributed by atoms with Crippen molar-refractivity contribution in [1.29, 1.82) is 0 Å². The molecule has 37 heavy (non-hydrogen) atoms. The number of carbonyl (C=O) groups excluding carboxylic acids is 3. The molecule has 0 saturated carbocycles. The highest BCUT2D eigenvalue weighted by Crippen LogP contribution is 2.19. The summed E-state index contributed by atoms with van der Waals surface area (Å²) in [5.41, 5.74) is 8.27. The lowest BCUT2D eigenvalue weighted by Crippen LogP contribution is -2.58. The van der Waals surface area contributed by atoms with Gasteiger partial charge in [0.25, 0.3) is 0 Å². The maximum absolute atomic E-state index is 13.3. The first-order valence-electron chi connectivity index (χ1n) is 11.4. The Hall–Kier alpha value is -3.88. The SMILES string of the molecule is NC(Cc1cnc[nH]1)C(=O)NC(Cc1c[nH]c2ccccc12)C(=O)NC(CS)C(=O)NC(CO)C(=O)O. The van der Waals surface area contributed by atoms with Crippen molar-refractivity contribution in [3.63, 3.8) is 0 Å². The van der Waals surface area contributed by atoms with Crippen LogP contribution in [0.25, 0.3) is 10.9 Å². The molecule has 3 rings (SSSR count). The van der Waals surface area contributed by atoms with Crippen LogP contribution in [0.3, 0.4) is 0 Å². The molecule has 0 spiro atoms. The smallest absolute Gasteiger partial charge is 0.328 e. The van der Waals surface area contributed by atoms with Crippen molar-refractivity contribution in [2.75, 3.05) is 12.4 Å². The summed E-state index contributed by atoms with van der Waals surface area (Å²) in [6.45, 7) is -0.832. The second-order valence-corrected chi connectivity index (χ2v) is 8.70. The van der Waals surface area contributed by atoms with Gasteiger partial charge in [0.05, 0.1) is 19.0 Å². The minimum atomic E-state index is -1.55. The number of aromatic amines is 2. The van der Waals surface area contributed by atoms with Crippen LogP contribution in [-0.4, -0.2) is 85.4 Å². The van der Waals surface area contributed by atoms with E-state index in [1.54, 1.807) is 6.20 Å². The number of carboxylic acid groups (broad SMARTS) is 1. The minimum absolute atomic E-state index is 0.0770. The Bertz CT molecular complexity index is 1230. The number of amides is 3. The molecule has 1 aromatic carbocycles. The topological polar surface area (TPSA) is 215 Å². The third-order valence-electron chi connectivity index (χ3n) is 5.68. The summed E-state index contributed by atoms with van der Waals surface area (Å²) in [6.07, 6.45) is 4.96. The Kier molecular flexibility index (Phi) is 9.65. The van der Waals surface area contributed by atoms with Crippen LogP contribution in [0.1, 0.15) is 11.3 Å². The number of carbonyl (C=O) groups is 4. The third kappa shape index (κ3) is 7.31. The molecule has 4 atom stereocenters. The number of para-hydroxylation sites is 1. The van der Waals surface area contributed by atoms with E-state index >= 15 is 0 Å². The van der Waals surface area contributed by atoms with Gasteiger partial charge in [0.1, 0.15) is 18.1 Å². The zero-order valence-corrected chi connectivity index (χ0v) is 20.6. The minimum Gasteiger partial charge on any atom is -0.480 e. The molecular weight excluding hydrogens is 502 g/mol. The van der Waals surface area contributed by atoms with Gasteiger partial charge < -0.3 is 41.9 Å². The number of nitrogens with one attached hydrogen (secondary N) is 5. The fraction of sp³-hybridized carbons (Fsp3) is 0.348. The van der Waals surface area contributed by atoms with Gasteiger partial charge in [-0.25, -0.2) is 9.78 Å². The van der Waals surface area contributed by atoms with Crippen LogP contribution in [0.4, 0.5) is 0 Å². The van der Waals surface area contributed by atoms with Crippen molar-refractivity contribution in [3.05, 3.63) is 54.2 Å². The molecule has 14 heteroatoms. The average molecular weight is 532 g/mol. The summed E-state index contributed by atoms with van der Waals surface area (Å²) in [4.78, 5) is 59.7. The molecule has 0 radical (unpaired) electrons. The molecule has 3 amide bonds. The maximum Gasteiger partial charge on any atom is 0.328 e. The molecule has 0 fully saturated rings. The number of aromatic nitrogens is 3. The summed E-state index contributed by atoms with van der Waals surface area (Å²) < 4.78 is 0. The number of aliphatic carboxylic acids is 1. The Labute approximate surface area is 217 Å². The lowest BCUT2D eigenvalue weighted by atomic mass is 10.0. The second kappa shape index (κ2) is 12.9. The van der Waals surface area contributed by atoms with Crippen LogP contribution in [0.2, 0.25) is 0 Å². The van der Waals surface area contributed by atoms with E-state index in [-0.39, 0.29) is 18.6 Å². The van der Waals surface area contributed by atoms with Gasteiger partial charge in [-0.05, 0) is 11.6 Å². The van der Waals surface area contributed by atoms with Crippen molar-refractivity contribution in [2.45, 2.75) is 37.0 Å². The van der Waals surface area contributed by atoms with Crippen LogP contribution in [0.5, 0.6) is 0 Å². The molecule has 2 aromatic heterocycles. The Balaban J connectivity index is 1.77. The van der Waals surface area contributed by atoms with Crippen LogP contribution in [0, 0.1) is 0 Å². The molecule has 0 aliphatic rings. The number of benzene rings is 1. The largest absolute Gasteiger partial charge is 0.480 e. The predicted octanol–water partition coefficient (Wildman–Crippen LogP) is -1.54. The van der Waals surface area contributed by atoms with Crippen LogP contribution < -0.4 is 21.7 Å². The lowest BCUT2D eigenvalue weighted by Gasteiger charge is -2.24. The van der Waals surface area contributed by atoms with E-state index in [1.807, 2.05) is 24.3 Å². The van der Waals surface area contributed by atoms with Gasteiger partial charge in [0, 0.05) is 47.6 Å². The fourth-order valence-electron chi connectivity index (χ4n) is 3.66. The molecule has 13 nitrogen and oxygen atoms in total. The molecule has 9 N–H and O–H groups in total. The molecule has 3 aromatic rings. The van der Waals surface area contributed by atoms with Gasteiger partial charge in [0.15, 0.2) is 0 Å². The number of hydrogen-bond donors (Lipinski definition) is 9. The lowest BCUT2D eigenvalue weighted by molar-refractivity contribution is -0.143. The number of imidazole rings is 1. The van der Waals surface area contributed by atoms with Crippen molar-refractivity contribution in [1.82, 2.24) is 30.9 Å². The first-order chi connectivity index (χ1) is 17.7. The number of nitrogens with two attached hydrogens (primary N) is 1. The average Bonchev–Trinajstić information content (AvgIpc) is 3.54. The van der Waals surface area contributed by atoms with Crippen LogP contribution >= 0.6 is 12.6 Å². The number of carboxylic acids is 1. The first kappa shape index (κ1) is 27.7. The number of fused-ring (bicyclic) bond motifs is 1. The number of H-pyrrole nitrogens is 2. The molecule has 0 aliphatic carbocycles. The monoisotopic (exact) mass is 531 g/mol. The summed E-state index contributed by atoms with van der Waals surface area (Å²) >= 11 is 4.08. The van der Waals surface area contributed by atoms with E-state index < -0.39 is 54.5 Å². The third-order valence-corrected chi connectivity index (χ3v) is 6.04. The number of thiol groups is 1. The van der Waals surface area contributed by atoms with Gasteiger partial charge in [-0.3, -0.25) is 14.4 Å². The summed E-state index contributed by atoms with van der Waals surface area (Å²) in [7, 11) is 0. The number of hydrogen-bond acceptors (Lipinski definition) is 8. The van der Waals surface area contributed by atoms with Crippen molar-refractivity contribution in [2.24, 2.45) is 5.73 Å². The van der Waals surface area contributed by atoms with Gasteiger partial charge in [-0.15, -0.1) is 0 Å². The van der Waals surface area contributed by atoms with Crippen molar-refractivity contribution >= 4 is 47.2 Å². The summed E-state index contributed by atoms with van der Waals surface area (Å²) in [6, 6.07) is 2.55. The van der Waals surface area contributed by atoms with E-state index in [2.05, 4.69) is 43.5 Å². The van der Waals surface area contributed by atoms with E-state index in [9.17, 15) is 24.3 Å². The van der Waals surface area contributed by atoms with Crippen LogP contribution in [0.15, 0.2) is 43.0 Å². The number of nitrogens with zero attached hydrogens (tertiary/aromatic N) is 1.